The maximum Gasteiger partial charge on any atom is 0.348 e. The minimum Gasteiger partial charge on any atom is -0.383 e. The number of aromatic nitrogens is 4. The van der Waals surface area contributed by atoms with Crippen LogP contribution in [0, 0.1) is 0 Å². The molecule has 0 aromatic carbocycles. The highest BCUT2D eigenvalue weighted by atomic mass is 35.5. The molecule has 0 aliphatic rings. The van der Waals surface area contributed by atoms with E-state index in [2.05, 4.69) is 20.5 Å². The Morgan fingerprint density at radius 2 is 2.50 bits per heavy atom. The van der Waals surface area contributed by atoms with Crippen LogP contribution in [0.3, 0.4) is 0 Å². The summed E-state index contributed by atoms with van der Waals surface area (Å²) in [6, 6.07) is 1.69. The van der Waals surface area contributed by atoms with E-state index in [4.69, 9.17) is 16.3 Å². The van der Waals surface area contributed by atoms with Crippen LogP contribution >= 0.6 is 11.6 Å². The van der Waals surface area contributed by atoms with Gasteiger partial charge in [-0.3, -0.25) is 0 Å². The van der Waals surface area contributed by atoms with Crippen LogP contribution in [0.15, 0.2) is 17.2 Å². The zero-order chi connectivity index (χ0) is 13.0. The number of H-pyrrole nitrogens is 1. The fraction of sp³-hybridized carbons (Fsp3) is 0.500. The Kier molecular flexibility index (Phi) is 4.16. The number of ether oxygens (including phenoxy) is 1. The van der Waals surface area contributed by atoms with Crippen LogP contribution < -0.4 is 11.0 Å². The number of nitrogens with one attached hydrogen (secondary N) is 2. The van der Waals surface area contributed by atoms with E-state index in [9.17, 15) is 4.79 Å². The summed E-state index contributed by atoms with van der Waals surface area (Å²) in [7, 11) is 1.62. The highest BCUT2D eigenvalue weighted by Gasteiger charge is 2.05. The van der Waals surface area contributed by atoms with E-state index >= 15 is 0 Å². The monoisotopic (exact) mass is 271 g/mol. The molecule has 0 amide bonds. The molecule has 2 N–H and O–H groups in total. The van der Waals surface area contributed by atoms with Crippen molar-refractivity contribution in [2.45, 2.75) is 11.8 Å². The maximum atomic E-state index is 11.2. The summed E-state index contributed by atoms with van der Waals surface area (Å²) in [5, 5.41) is 9.28. The normalized spacial score (nSPS) is 12.8. The number of aromatic amines is 1. The van der Waals surface area contributed by atoms with Crippen LogP contribution in [0.2, 0.25) is 0 Å². The molecule has 2 aromatic heterocycles. The molecule has 2 rings (SSSR count). The minimum atomic E-state index is -0.301. The van der Waals surface area contributed by atoms with E-state index in [1.165, 1.54) is 10.7 Å². The Morgan fingerprint density at radius 3 is 3.28 bits per heavy atom. The van der Waals surface area contributed by atoms with Gasteiger partial charge in [-0.1, -0.05) is 0 Å². The molecule has 0 radical (unpaired) electrons. The first kappa shape index (κ1) is 12.8. The second-order valence-corrected chi connectivity index (χ2v) is 4.42. The highest BCUT2D eigenvalue weighted by Crippen LogP contribution is 2.06. The zero-order valence-electron chi connectivity index (χ0n) is 9.89. The summed E-state index contributed by atoms with van der Waals surface area (Å²) in [5.74, 6) is 0.655. The predicted molar refractivity (Wildman–Crippen MR) is 68.2 cm³/mol. The van der Waals surface area contributed by atoms with E-state index in [0.717, 1.165) is 6.42 Å². The molecule has 0 aliphatic heterocycles. The third-order valence-corrected chi connectivity index (χ3v) is 2.77. The molecule has 8 heteroatoms. The largest absolute Gasteiger partial charge is 0.383 e. The standard InChI is InChI=1S/C10H14ClN5O2/c1-18-5-7(11)2-3-12-8-4-9-14-15-10(17)16(9)6-13-8/h4,6-7,12H,2-3,5H2,1H3,(H,15,17). The molecule has 2 heterocycles. The third kappa shape index (κ3) is 2.99. The molecular weight excluding hydrogens is 258 g/mol. The van der Waals surface area contributed by atoms with Crippen molar-refractivity contribution in [1.29, 1.82) is 0 Å². The second kappa shape index (κ2) is 5.83. The fourth-order valence-electron chi connectivity index (χ4n) is 1.53. The van der Waals surface area contributed by atoms with Crippen molar-refractivity contribution in [2.24, 2.45) is 0 Å². The summed E-state index contributed by atoms with van der Waals surface area (Å²) in [6.45, 7) is 1.19. The Bertz CT molecular complexity index is 567. The number of alkyl halides is 1. The molecule has 98 valence electrons. The molecule has 0 saturated carbocycles. The van der Waals surface area contributed by atoms with Gasteiger partial charge >= 0.3 is 5.69 Å². The van der Waals surface area contributed by atoms with Crippen LogP contribution in [-0.2, 0) is 4.74 Å². The molecule has 18 heavy (non-hydrogen) atoms. The molecule has 0 fully saturated rings. The first-order valence-corrected chi connectivity index (χ1v) is 5.94. The third-order valence-electron chi connectivity index (χ3n) is 2.42. The molecule has 0 saturated heterocycles. The molecule has 0 aliphatic carbocycles. The fourth-order valence-corrected chi connectivity index (χ4v) is 1.76. The zero-order valence-corrected chi connectivity index (χ0v) is 10.6. The summed E-state index contributed by atoms with van der Waals surface area (Å²) in [4.78, 5) is 15.3. The number of hydrogen-bond donors (Lipinski definition) is 2. The number of hydrogen-bond acceptors (Lipinski definition) is 5. The van der Waals surface area contributed by atoms with Crippen LogP contribution in [0.25, 0.3) is 5.65 Å². The molecule has 7 nitrogen and oxygen atoms in total. The summed E-state index contributed by atoms with van der Waals surface area (Å²) >= 11 is 6.00. The summed E-state index contributed by atoms with van der Waals surface area (Å²) in [6.07, 6.45) is 2.19. The summed E-state index contributed by atoms with van der Waals surface area (Å²) in [5.41, 5.74) is 0.224. The average Bonchev–Trinajstić information content (AvgIpc) is 2.71. The number of nitrogens with zero attached hydrogens (tertiary/aromatic N) is 3. The maximum absolute atomic E-state index is 11.2. The van der Waals surface area contributed by atoms with Gasteiger partial charge in [0, 0.05) is 19.7 Å². The van der Waals surface area contributed by atoms with Gasteiger partial charge < -0.3 is 10.1 Å². The van der Waals surface area contributed by atoms with E-state index in [1.807, 2.05) is 0 Å². The smallest absolute Gasteiger partial charge is 0.348 e. The lowest BCUT2D eigenvalue weighted by molar-refractivity contribution is 0.196. The van der Waals surface area contributed by atoms with Gasteiger partial charge in [-0.15, -0.1) is 11.6 Å². The lowest BCUT2D eigenvalue weighted by atomic mass is 10.3. The van der Waals surface area contributed by atoms with Crippen molar-refractivity contribution in [1.82, 2.24) is 19.6 Å². The molecule has 1 atom stereocenters. The van der Waals surface area contributed by atoms with Gasteiger partial charge in [0.05, 0.1) is 12.0 Å². The van der Waals surface area contributed by atoms with Crippen LogP contribution in [-0.4, -0.2) is 45.2 Å². The van der Waals surface area contributed by atoms with Crippen molar-refractivity contribution >= 4 is 23.1 Å². The Hall–Kier alpha value is -1.60. The quantitative estimate of drug-likeness (QED) is 0.746. The van der Waals surface area contributed by atoms with Crippen LogP contribution in [0.4, 0.5) is 5.82 Å². The number of fused-ring (bicyclic) bond motifs is 1. The number of methoxy groups -OCH3 is 1. The van der Waals surface area contributed by atoms with Gasteiger partial charge in [-0.05, 0) is 6.42 Å². The molecular formula is C10H14ClN5O2. The Labute approximate surface area is 108 Å². The predicted octanol–water partition coefficient (Wildman–Crippen LogP) is 0.473. The van der Waals surface area contributed by atoms with E-state index in [-0.39, 0.29) is 11.1 Å². The molecule has 0 spiro atoms. The Morgan fingerprint density at radius 1 is 1.67 bits per heavy atom. The van der Waals surface area contributed by atoms with Gasteiger partial charge in [0.1, 0.15) is 12.1 Å². The van der Waals surface area contributed by atoms with Gasteiger partial charge in [0.15, 0.2) is 5.65 Å². The Balaban J connectivity index is 1.94. The summed E-state index contributed by atoms with van der Waals surface area (Å²) < 4.78 is 6.27. The van der Waals surface area contributed by atoms with Gasteiger partial charge in [0.25, 0.3) is 0 Å². The van der Waals surface area contributed by atoms with Crippen molar-refractivity contribution in [3.8, 4) is 0 Å². The van der Waals surface area contributed by atoms with Crippen molar-refractivity contribution in [2.75, 3.05) is 25.6 Å². The second-order valence-electron chi connectivity index (χ2n) is 3.80. The SMILES string of the molecule is COCC(Cl)CCNc1cc2n[nH]c(=O)n2cn1. The highest BCUT2D eigenvalue weighted by molar-refractivity contribution is 6.20. The van der Waals surface area contributed by atoms with Crippen molar-refractivity contribution in [3.05, 3.63) is 22.9 Å². The molecule has 1 unspecified atom stereocenters. The number of anilines is 1. The van der Waals surface area contributed by atoms with Crippen LogP contribution in [0.1, 0.15) is 6.42 Å². The lowest BCUT2D eigenvalue weighted by Gasteiger charge is -2.09. The first-order chi connectivity index (χ1) is 8.70. The first-order valence-electron chi connectivity index (χ1n) is 5.50. The van der Waals surface area contributed by atoms with E-state index in [1.54, 1.807) is 13.2 Å². The average molecular weight is 272 g/mol. The molecule has 2 aromatic rings. The van der Waals surface area contributed by atoms with Crippen molar-refractivity contribution in [3.63, 3.8) is 0 Å². The van der Waals surface area contributed by atoms with Gasteiger partial charge in [0.2, 0.25) is 0 Å². The van der Waals surface area contributed by atoms with Gasteiger partial charge in [-0.25, -0.2) is 19.3 Å². The molecule has 0 bridgehead atoms. The topological polar surface area (TPSA) is 84.3 Å². The van der Waals surface area contributed by atoms with Crippen LogP contribution in [0.5, 0.6) is 0 Å². The van der Waals surface area contributed by atoms with E-state index in [0.29, 0.717) is 24.6 Å². The van der Waals surface area contributed by atoms with E-state index < -0.39 is 0 Å². The number of halogens is 1. The lowest BCUT2D eigenvalue weighted by Crippen LogP contribution is -2.14. The number of rotatable bonds is 6. The van der Waals surface area contributed by atoms with Gasteiger partial charge in [-0.2, -0.15) is 5.10 Å². The minimum absolute atomic E-state index is 0.0285. The van der Waals surface area contributed by atoms with Crippen molar-refractivity contribution < 1.29 is 4.74 Å².